The van der Waals surface area contributed by atoms with Gasteiger partial charge in [-0.3, -0.25) is 14.8 Å². The number of aromatic amines is 1. The van der Waals surface area contributed by atoms with Crippen LogP contribution in [0.2, 0.25) is 0 Å². The van der Waals surface area contributed by atoms with Crippen molar-refractivity contribution in [3.63, 3.8) is 0 Å². The third kappa shape index (κ3) is 2.65. The van der Waals surface area contributed by atoms with E-state index >= 15 is 0 Å². The van der Waals surface area contributed by atoms with Crippen molar-refractivity contribution in [3.05, 3.63) is 17.0 Å². The van der Waals surface area contributed by atoms with E-state index in [4.69, 9.17) is 0 Å². The van der Waals surface area contributed by atoms with Crippen molar-refractivity contribution < 1.29 is 9.90 Å². The Balaban J connectivity index is 1.48. The lowest BCUT2D eigenvalue weighted by atomic mass is 9.74. The SMILES string of the molecule is Cc1n[nH]c(C)c1CN1C[C@@H]2CCN(C(=O)C3CC3)C[C@]2(CO)C1. The van der Waals surface area contributed by atoms with E-state index in [1.54, 1.807) is 0 Å². The van der Waals surface area contributed by atoms with Crippen LogP contribution >= 0.6 is 0 Å². The number of aromatic nitrogens is 2. The zero-order chi connectivity index (χ0) is 16.9. The van der Waals surface area contributed by atoms with Gasteiger partial charge in [-0.05, 0) is 39.0 Å². The van der Waals surface area contributed by atoms with Crippen LogP contribution in [-0.4, -0.2) is 63.8 Å². The number of aliphatic hydroxyl groups is 1. The highest BCUT2D eigenvalue weighted by atomic mass is 16.3. The van der Waals surface area contributed by atoms with E-state index in [2.05, 4.69) is 22.0 Å². The van der Waals surface area contributed by atoms with E-state index in [1.807, 2.05) is 11.8 Å². The number of amides is 1. The normalized spacial score (nSPS) is 30.6. The van der Waals surface area contributed by atoms with Crippen LogP contribution in [-0.2, 0) is 11.3 Å². The molecule has 3 heterocycles. The van der Waals surface area contributed by atoms with Crippen LogP contribution in [0, 0.1) is 31.1 Å². The standard InChI is InChI=1S/C18H28N4O2/c1-12-16(13(2)20-19-12)8-21-7-15-5-6-22(17(24)14-3-4-14)10-18(15,9-21)11-23/h14-15,23H,3-11H2,1-2H3,(H,19,20)/t15-,18-/m0/s1. The van der Waals surface area contributed by atoms with Crippen LogP contribution in [0.25, 0.3) is 0 Å². The highest BCUT2D eigenvalue weighted by Gasteiger charge is 2.51. The summed E-state index contributed by atoms with van der Waals surface area (Å²) >= 11 is 0. The summed E-state index contributed by atoms with van der Waals surface area (Å²) < 4.78 is 0. The van der Waals surface area contributed by atoms with Gasteiger partial charge in [0.2, 0.25) is 5.91 Å². The van der Waals surface area contributed by atoms with E-state index in [1.165, 1.54) is 5.56 Å². The first-order chi connectivity index (χ1) is 11.5. The van der Waals surface area contributed by atoms with Gasteiger partial charge in [0, 0.05) is 55.3 Å². The van der Waals surface area contributed by atoms with Crippen molar-refractivity contribution in [3.8, 4) is 0 Å². The second kappa shape index (κ2) is 5.85. The molecule has 1 aliphatic carbocycles. The van der Waals surface area contributed by atoms with Crippen LogP contribution in [0.5, 0.6) is 0 Å². The number of carbonyl (C=O) groups excluding carboxylic acids is 1. The van der Waals surface area contributed by atoms with Crippen LogP contribution in [0.1, 0.15) is 36.2 Å². The lowest BCUT2D eigenvalue weighted by Crippen LogP contribution is -2.53. The summed E-state index contributed by atoms with van der Waals surface area (Å²) in [5.41, 5.74) is 3.32. The van der Waals surface area contributed by atoms with Gasteiger partial charge in [0.1, 0.15) is 0 Å². The first kappa shape index (κ1) is 16.1. The summed E-state index contributed by atoms with van der Waals surface area (Å²) in [6, 6.07) is 0. The number of likely N-dealkylation sites (tertiary alicyclic amines) is 2. The Labute approximate surface area is 143 Å². The van der Waals surface area contributed by atoms with Crippen molar-refractivity contribution in [2.45, 2.75) is 39.7 Å². The lowest BCUT2D eigenvalue weighted by molar-refractivity contribution is -0.137. The molecule has 132 valence electrons. The molecule has 1 amide bonds. The van der Waals surface area contributed by atoms with Gasteiger partial charge in [-0.1, -0.05) is 0 Å². The van der Waals surface area contributed by atoms with Gasteiger partial charge < -0.3 is 10.0 Å². The first-order valence-corrected chi connectivity index (χ1v) is 9.15. The molecule has 0 bridgehead atoms. The number of nitrogens with zero attached hydrogens (tertiary/aromatic N) is 3. The van der Waals surface area contributed by atoms with E-state index < -0.39 is 0 Å². The second-order valence-electron chi connectivity index (χ2n) is 8.12. The summed E-state index contributed by atoms with van der Waals surface area (Å²) in [4.78, 5) is 16.9. The van der Waals surface area contributed by atoms with Crippen molar-refractivity contribution in [2.24, 2.45) is 17.3 Å². The number of hydrogen-bond acceptors (Lipinski definition) is 4. The molecule has 6 heteroatoms. The molecule has 2 atom stereocenters. The number of aliphatic hydroxyl groups excluding tert-OH is 1. The predicted molar refractivity (Wildman–Crippen MR) is 90.3 cm³/mol. The van der Waals surface area contributed by atoms with Gasteiger partial charge in [-0.25, -0.2) is 0 Å². The molecule has 0 radical (unpaired) electrons. The minimum Gasteiger partial charge on any atom is -0.396 e. The van der Waals surface area contributed by atoms with Gasteiger partial charge in [0.25, 0.3) is 0 Å². The molecule has 1 aromatic rings. The quantitative estimate of drug-likeness (QED) is 0.865. The number of nitrogens with one attached hydrogen (secondary N) is 1. The molecule has 2 saturated heterocycles. The molecule has 1 saturated carbocycles. The maximum Gasteiger partial charge on any atom is 0.225 e. The minimum atomic E-state index is -0.144. The summed E-state index contributed by atoms with van der Waals surface area (Å²) in [5, 5.41) is 17.5. The fraction of sp³-hybridized carbons (Fsp3) is 0.778. The second-order valence-corrected chi connectivity index (χ2v) is 8.12. The molecule has 24 heavy (non-hydrogen) atoms. The third-order valence-electron chi connectivity index (χ3n) is 6.35. The highest BCUT2D eigenvalue weighted by molar-refractivity contribution is 5.81. The Morgan fingerprint density at radius 1 is 1.33 bits per heavy atom. The molecule has 3 fully saturated rings. The van der Waals surface area contributed by atoms with Crippen LogP contribution < -0.4 is 0 Å². The van der Waals surface area contributed by atoms with Crippen molar-refractivity contribution >= 4 is 5.91 Å². The largest absolute Gasteiger partial charge is 0.396 e. The lowest BCUT2D eigenvalue weighted by Gasteiger charge is -2.43. The van der Waals surface area contributed by atoms with Gasteiger partial charge in [-0.2, -0.15) is 5.10 Å². The molecule has 2 N–H and O–H groups in total. The minimum absolute atomic E-state index is 0.144. The number of H-pyrrole nitrogens is 1. The third-order valence-corrected chi connectivity index (χ3v) is 6.35. The van der Waals surface area contributed by atoms with Gasteiger partial charge in [-0.15, -0.1) is 0 Å². The summed E-state index contributed by atoms with van der Waals surface area (Å²) in [5.74, 6) is 1.07. The van der Waals surface area contributed by atoms with E-state index in [9.17, 15) is 9.90 Å². The van der Waals surface area contributed by atoms with Crippen LogP contribution in [0.4, 0.5) is 0 Å². The Bertz CT molecular complexity index is 619. The maximum atomic E-state index is 12.5. The number of aryl methyl sites for hydroxylation is 2. The molecule has 1 aromatic heterocycles. The Hall–Kier alpha value is -1.40. The van der Waals surface area contributed by atoms with Gasteiger partial charge in [0.05, 0.1) is 12.3 Å². The average Bonchev–Trinajstić information content (AvgIpc) is 3.30. The van der Waals surface area contributed by atoms with E-state index in [0.717, 1.165) is 63.4 Å². The first-order valence-electron chi connectivity index (χ1n) is 9.15. The molecule has 6 nitrogen and oxygen atoms in total. The molecular weight excluding hydrogens is 304 g/mol. The van der Waals surface area contributed by atoms with Crippen LogP contribution in [0.15, 0.2) is 0 Å². The van der Waals surface area contributed by atoms with E-state index in [0.29, 0.717) is 11.8 Å². The number of piperidine rings is 1. The monoisotopic (exact) mass is 332 g/mol. The van der Waals surface area contributed by atoms with Crippen molar-refractivity contribution in [2.75, 3.05) is 32.8 Å². The summed E-state index contributed by atoms with van der Waals surface area (Å²) in [6.07, 6.45) is 3.12. The number of rotatable bonds is 4. The zero-order valence-corrected chi connectivity index (χ0v) is 14.7. The molecule has 2 aliphatic heterocycles. The fourth-order valence-corrected chi connectivity index (χ4v) is 4.65. The summed E-state index contributed by atoms with van der Waals surface area (Å²) in [7, 11) is 0. The number of carbonyl (C=O) groups is 1. The Morgan fingerprint density at radius 2 is 2.12 bits per heavy atom. The predicted octanol–water partition coefficient (Wildman–Crippen LogP) is 1.08. The number of hydrogen-bond donors (Lipinski definition) is 2. The van der Waals surface area contributed by atoms with Crippen LogP contribution in [0.3, 0.4) is 0 Å². The van der Waals surface area contributed by atoms with Crippen molar-refractivity contribution in [1.82, 2.24) is 20.0 Å². The smallest absolute Gasteiger partial charge is 0.225 e. The Kier molecular flexibility index (Phi) is 3.92. The van der Waals surface area contributed by atoms with Gasteiger partial charge >= 0.3 is 0 Å². The average molecular weight is 332 g/mol. The number of fused-ring (bicyclic) bond motifs is 1. The molecule has 3 aliphatic rings. The maximum absolute atomic E-state index is 12.5. The van der Waals surface area contributed by atoms with Gasteiger partial charge in [0.15, 0.2) is 0 Å². The molecule has 0 aromatic carbocycles. The molecule has 4 rings (SSSR count). The fourth-order valence-electron chi connectivity index (χ4n) is 4.65. The highest BCUT2D eigenvalue weighted by Crippen LogP contribution is 2.44. The zero-order valence-electron chi connectivity index (χ0n) is 14.7. The molecule has 0 unspecified atom stereocenters. The van der Waals surface area contributed by atoms with Crippen molar-refractivity contribution in [1.29, 1.82) is 0 Å². The van der Waals surface area contributed by atoms with E-state index in [-0.39, 0.29) is 17.9 Å². The molecular formula is C18H28N4O2. The summed E-state index contributed by atoms with van der Waals surface area (Å²) in [6.45, 7) is 8.62. The Morgan fingerprint density at radius 3 is 2.75 bits per heavy atom. The topological polar surface area (TPSA) is 72.5 Å². The molecule has 0 spiro atoms.